The third-order valence-electron chi connectivity index (χ3n) is 3.26. The van der Waals surface area contributed by atoms with Crippen molar-refractivity contribution in [3.05, 3.63) is 37.7 Å². The first-order valence-corrected chi connectivity index (χ1v) is 7.74. The molecule has 2 heterocycles. The van der Waals surface area contributed by atoms with Gasteiger partial charge in [0, 0.05) is 27.0 Å². The first-order chi connectivity index (χ1) is 8.58. The molecule has 0 amide bonds. The average Bonchev–Trinajstić information content (AvgIpc) is 2.86. The van der Waals surface area contributed by atoms with Crippen molar-refractivity contribution in [2.24, 2.45) is 5.73 Å². The lowest BCUT2D eigenvalue weighted by Gasteiger charge is -2.16. The SMILES string of the molecule is CCc1c(C)nn(C(CN)c2cc(Br)cs2)c1C. The van der Waals surface area contributed by atoms with E-state index in [4.69, 9.17) is 5.73 Å². The Morgan fingerprint density at radius 3 is 2.67 bits per heavy atom. The molecule has 1 unspecified atom stereocenters. The van der Waals surface area contributed by atoms with Gasteiger partial charge in [-0.2, -0.15) is 5.10 Å². The van der Waals surface area contributed by atoms with Gasteiger partial charge in [0.05, 0.1) is 11.7 Å². The van der Waals surface area contributed by atoms with Crippen molar-refractivity contribution in [1.29, 1.82) is 0 Å². The lowest BCUT2D eigenvalue weighted by atomic mass is 10.1. The van der Waals surface area contributed by atoms with Crippen molar-refractivity contribution < 1.29 is 0 Å². The molecule has 0 radical (unpaired) electrons. The molecule has 2 rings (SSSR count). The normalized spacial score (nSPS) is 12.9. The largest absolute Gasteiger partial charge is 0.328 e. The Hall–Kier alpha value is -0.650. The van der Waals surface area contributed by atoms with E-state index >= 15 is 0 Å². The van der Waals surface area contributed by atoms with Crippen LogP contribution in [0.2, 0.25) is 0 Å². The Balaban J connectivity index is 2.45. The van der Waals surface area contributed by atoms with E-state index < -0.39 is 0 Å². The van der Waals surface area contributed by atoms with E-state index in [1.165, 1.54) is 16.1 Å². The third kappa shape index (κ3) is 2.39. The van der Waals surface area contributed by atoms with E-state index in [0.29, 0.717) is 6.54 Å². The first-order valence-electron chi connectivity index (χ1n) is 6.07. The Bertz CT molecular complexity index is 544. The highest BCUT2D eigenvalue weighted by Gasteiger charge is 2.19. The fourth-order valence-electron chi connectivity index (χ4n) is 2.35. The Morgan fingerprint density at radius 1 is 1.50 bits per heavy atom. The van der Waals surface area contributed by atoms with E-state index in [1.807, 2.05) is 0 Å². The molecular weight excluding hydrogens is 310 g/mol. The number of rotatable bonds is 4. The van der Waals surface area contributed by atoms with Crippen molar-refractivity contribution in [3.8, 4) is 0 Å². The van der Waals surface area contributed by atoms with Gasteiger partial charge in [0.15, 0.2) is 0 Å². The van der Waals surface area contributed by atoms with Crippen LogP contribution in [-0.2, 0) is 6.42 Å². The molecule has 0 aliphatic rings. The molecule has 0 spiro atoms. The summed E-state index contributed by atoms with van der Waals surface area (Å²) in [4.78, 5) is 1.25. The van der Waals surface area contributed by atoms with Gasteiger partial charge in [-0.25, -0.2) is 0 Å². The fraction of sp³-hybridized carbons (Fsp3) is 0.462. The summed E-state index contributed by atoms with van der Waals surface area (Å²) >= 11 is 5.21. The first kappa shape index (κ1) is 13.8. The van der Waals surface area contributed by atoms with Gasteiger partial charge in [0.25, 0.3) is 0 Å². The number of nitrogens with two attached hydrogens (primary N) is 1. The van der Waals surface area contributed by atoms with Crippen LogP contribution in [0.5, 0.6) is 0 Å². The summed E-state index contributed by atoms with van der Waals surface area (Å²) < 4.78 is 3.19. The Morgan fingerprint density at radius 2 is 2.22 bits per heavy atom. The van der Waals surface area contributed by atoms with Crippen molar-refractivity contribution in [2.45, 2.75) is 33.2 Å². The Labute approximate surface area is 120 Å². The van der Waals surface area contributed by atoms with Gasteiger partial charge < -0.3 is 5.73 Å². The fourth-order valence-corrected chi connectivity index (χ4v) is 3.90. The van der Waals surface area contributed by atoms with Crippen LogP contribution in [0.3, 0.4) is 0 Å². The van der Waals surface area contributed by atoms with Crippen molar-refractivity contribution in [1.82, 2.24) is 9.78 Å². The number of hydrogen-bond donors (Lipinski definition) is 1. The summed E-state index contributed by atoms with van der Waals surface area (Å²) in [6.07, 6.45) is 1.02. The maximum absolute atomic E-state index is 5.95. The number of halogens is 1. The number of aromatic nitrogens is 2. The van der Waals surface area contributed by atoms with E-state index in [2.05, 4.69) is 57.9 Å². The monoisotopic (exact) mass is 327 g/mol. The highest BCUT2D eigenvalue weighted by Crippen LogP contribution is 2.29. The third-order valence-corrected chi connectivity index (χ3v) is 5.06. The lowest BCUT2D eigenvalue weighted by molar-refractivity contribution is 0.523. The smallest absolute Gasteiger partial charge is 0.0985 e. The Kier molecular flexibility index (Phi) is 4.25. The quantitative estimate of drug-likeness (QED) is 0.934. The molecule has 0 saturated heterocycles. The lowest BCUT2D eigenvalue weighted by Crippen LogP contribution is -2.21. The molecule has 98 valence electrons. The van der Waals surface area contributed by atoms with Gasteiger partial charge in [-0.05, 0) is 47.8 Å². The van der Waals surface area contributed by atoms with Crippen molar-refractivity contribution in [3.63, 3.8) is 0 Å². The van der Waals surface area contributed by atoms with Crippen LogP contribution in [0.15, 0.2) is 15.9 Å². The van der Waals surface area contributed by atoms with Gasteiger partial charge in [-0.3, -0.25) is 4.68 Å². The summed E-state index contributed by atoms with van der Waals surface area (Å²) in [7, 11) is 0. The molecule has 5 heteroatoms. The molecule has 0 fully saturated rings. The zero-order valence-corrected chi connectivity index (χ0v) is 13.3. The summed E-state index contributed by atoms with van der Waals surface area (Å²) in [5.41, 5.74) is 9.63. The molecule has 1 atom stereocenters. The van der Waals surface area contributed by atoms with Crippen LogP contribution in [0, 0.1) is 13.8 Å². The van der Waals surface area contributed by atoms with E-state index in [9.17, 15) is 0 Å². The van der Waals surface area contributed by atoms with E-state index in [0.717, 1.165) is 16.6 Å². The maximum atomic E-state index is 5.95. The van der Waals surface area contributed by atoms with Crippen molar-refractivity contribution >= 4 is 27.3 Å². The molecule has 18 heavy (non-hydrogen) atoms. The summed E-state index contributed by atoms with van der Waals surface area (Å²) in [6, 6.07) is 2.27. The average molecular weight is 328 g/mol. The number of aryl methyl sites for hydroxylation is 1. The highest BCUT2D eigenvalue weighted by atomic mass is 79.9. The minimum Gasteiger partial charge on any atom is -0.328 e. The van der Waals surface area contributed by atoms with Gasteiger partial charge in [-0.1, -0.05) is 6.92 Å². The number of hydrogen-bond acceptors (Lipinski definition) is 3. The molecule has 0 saturated carbocycles. The zero-order chi connectivity index (χ0) is 13.3. The summed E-state index contributed by atoms with van der Waals surface area (Å²) in [6.45, 7) is 6.93. The maximum Gasteiger partial charge on any atom is 0.0985 e. The highest BCUT2D eigenvalue weighted by molar-refractivity contribution is 9.10. The minimum atomic E-state index is 0.139. The molecular formula is C13H18BrN3S. The second-order valence-corrected chi connectivity index (χ2v) is 6.22. The van der Waals surface area contributed by atoms with Crippen LogP contribution < -0.4 is 5.73 Å². The van der Waals surface area contributed by atoms with Crippen LogP contribution in [0.1, 0.15) is 34.8 Å². The summed E-state index contributed by atoms with van der Waals surface area (Å²) in [5.74, 6) is 0. The predicted octanol–water partition coefficient (Wildman–Crippen LogP) is 3.43. The van der Waals surface area contributed by atoms with Crippen LogP contribution in [-0.4, -0.2) is 16.3 Å². The molecule has 3 nitrogen and oxygen atoms in total. The molecule has 0 aliphatic heterocycles. The second-order valence-electron chi connectivity index (χ2n) is 4.37. The molecule has 2 N–H and O–H groups in total. The minimum absolute atomic E-state index is 0.139. The number of thiophene rings is 1. The van der Waals surface area contributed by atoms with Gasteiger partial charge in [-0.15, -0.1) is 11.3 Å². The zero-order valence-electron chi connectivity index (χ0n) is 10.9. The van der Waals surface area contributed by atoms with Gasteiger partial charge >= 0.3 is 0 Å². The van der Waals surface area contributed by atoms with E-state index in [-0.39, 0.29) is 6.04 Å². The molecule has 0 aromatic carbocycles. The van der Waals surface area contributed by atoms with E-state index in [1.54, 1.807) is 11.3 Å². The van der Waals surface area contributed by atoms with Crippen LogP contribution in [0.25, 0.3) is 0 Å². The molecule has 0 bridgehead atoms. The van der Waals surface area contributed by atoms with Crippen LogP contribution in [0.4, 0.5) is 0 Å². The second kappa shape index (κ2) is 5.55. The molecule has 2 aromatic heterocycles. The number of nitrogens with zero attached hydrogens (tertiary/aromatic N) is 2. The van der Waals surface area contributed by atoms with Gasteiger partial charge in [0.2, 0.25) is 0 Å². The van der Waals surface area contributed by atoms with Crippen molar-refractivity contribution in [2.75, 3.05) is 6.54 Å². The van der Waals surface area contributed by atoms with Crippen LogP contribution >= 0.6 is 27.3 Å². The van der Waals surface area contributed by atoms with Gasteiger partial charge in [0.1, 0.15) is 0 Å². The topological polar surface area (TPSA) is 43.8 Å². The summed E-state index contributed by atoms with van der Waals surface area (Å²) in [5, 5.41) is 6.75. The predicted molar refractivity (Wildman–Crippen MR) is 80.3 cm³/mol. The standard InChI is InChI=1S/C13H18BrN3S/c1-4-11-8(2)16-17(9(11)3)12(6-15)13-5-10(14)7-18-13/h5,7,12H,4,6,15H2,1-3H3. The molecule has 2 aromatic rings. The molecule has 0 aliphatic carbocycles.